The number of fused-ring (bicyclic) bond motifs is 2. The largest absolute Gasteiger partial charge is 0.465 e. The topological polar surface area (TPSA) is 58.6 Å². The van der Waals surface area contributed by atoms with Crippen molar-refractivity contribution in [2.75, 3.05) is 6.54 Å². The molecule has 4 nitrogen and oxygen atoms in total. The van der Waals surface area contributed by atoms with Crippen molar-refractivity contribution in [2.24, 2.45) is 0 Å². The molecule has 0 aliphatic carbocycles. The Bertz CT molecular complexity index is 692. The Hall–Kier alpha value is -2.75. The zero-order valence-corrected chi connectivity index (χ0v) is 10.7. The molecule has 1 aliphatic heterocycles. The summed E-state index contributed by atoms with van der Waals surface area (Å²) in [4.78, 5) is 10.7. The van der Waals surface area contributed by atoms with Crippen LogP contribution in [-0.4, -0.2) is 17.7 Å². The van der Waals surface area contributed by atoms with Gasteiger partial charge in [0.1, 0.15) is 11.5 Å². The van der Waals surface area contributed by atoms with Gasteiger partial charge in [0.25, 0.3) is 0 Å². The Morgan fingerprint density at radius 1 is 1.05 bits per heavy atom. The van der Waals surface area contributed by atoms with E-state index in [-0.39, 0.29) is 6.54 Å². The first-order valence-electron chi connectivity index (χ1n) is 6.28. The first kappa shape index (κ1) is 12.3. The predicted octanol–water partition coefficient (Wildman–Crippen LogP) is 3.60. The van der Waals surface area contributed by atoms with Crippen molar-refractivity contribution in [3.8, 4) is 11.5 Å². The van der Waals surface area contributed by atoms with E-state index in [1.165, 1.54) is 0 Å². The third kappa shape index (κ3) is 2.36. The summed E-state index contributed by atoms with van der Waals surface area (Å²) in [6.45, 7) is 0.240. The molecular weight excluding hydrogens is 254 g/mol. The highest BCUT2D eigenvalue weighted by atomic mass is 16.5. The van der Waals surface area contributed by atoms with E-state index in [0.29, 0.717) is 0 Å². The quantitative estimate of drug-likeness (QED) is 0.874. The first-order valence-corrected chi connectivity index (χ1v) is 6.28. The van der Waals surface area contributed by atoms with E-state index in [0.717, 1.165) is 28.2 Å². The third-order valence-corrected chi connectivity index (χ3v) is 3.13. The summed E-state index contributed by atoms with van der Waals surface area (Å²) in [5.41, 5.74) is 2.72. The first-order chi connectivity index (χ1) is 9.74. The molecule has 0 aromatic heterocycles. The molecule has 0 saturated heterocycles. The fraction of sp³-hybridized carbons (Fsp3) is 0.0625. The van der Waals surface area contributed by atoms with E-state index in [1.54, 1.807) is 0 Å². The molecule has 0 atom stereocenters. The minimum Gasteiger partial charge on any atom is -0.465 e. The van der Waals surface area contributed by atoms with Crippen LogP contribution >= 0.6 is 0 Å². The number of amides is 1. The number of rotatable bonds is 2. The maximum atomic E-state index is 10.7. The molecule has 0 radical (unpaired) electrons. The number of nitrogens with one attached hydrogen (secondary N) is 1. The second kappa shape index (κ2) is 5.09. The Balaban J connectivity index is 2.09. The SMILES string of the molecule is O=C(O)NCC1=Cc2ccccc2Oc2ccccc21. The predicted molar refractivity (Wildman–Crippen MR) is 76.9 cm³/mol. The van der Waals surface area contributed by atoms with Gasteiger partial charge in [-0.3, -0.25) is 0 Å². The van der Waals surface area contributed by atoms with Gasteiger partial charge in [-0.15, -0.1) is 0 Å². The molecule has 2 aromatic carbocycles. The summed E-state index contributed by atoms with van der Waals surface area (Å²) in [5, 5.41) is 11.2. The molecule has 0 fully saturated rings. The molecule has 4 heteroatoms. The van der Waals surface area contributed by atoms with E-state index in [4.69, 9.17) is 9.84 Å². The van der Waals surface area contributed by atoms with Crippen molar-refractivity contribution in [1.29, 1.82) is 0 Å². The monoisotopic (exact) mass is 267 g/mol. The van der Waals surface area contributed by atoms with Gasteiger partial charge in [0.15, 0.2) is 0 Å². The average molecular weight is 267 g/mol. The lowest BCUT2D eigenvalue weighted by atomic mass is 10.0. The Morgan fingerprint density at radius 2 is 1.75 bits per heavy atom. The Labute approximate surface area is 116 Å². The van der Waals surface area contributed by atoms with Crippen molar-refractivity contribution in [1.82, 2.24) is 5.32 Å². The highest BCUT2D eigenvalue weighted by Gasteiger charge is 2.16. The Kier molecular flexibility index (Phi) is 3.13. The van der Waals surface area contributed by atoms with Crippen LogP contribution in [-0.2, 0) is 0 Å². The number of para-hydroxylation sites is 2. The molecule has 1 aliphatic rings. The van der Waals surface area contributed by atoms with Crippen molar-refractivity contribution in [3.63, 3.8) is 0 Å². The van der Waals surface area contributed by atoms with Gasteiger partial charge in [0.2, 0.25) is 0 Å². The van der Waals surface area contributed by atoms with Gasteiger partial charge in [-0.05, 0) is 23.8 Å². The number of hydrogen-bond donors (Lipinski definition) is 2. The summed E-state index contributed by atoms with van der Waals surface area (Å²) in [7, 11) is 0. The number of carboxylic acid groups (broad SMARTS) is 1. The zero-order valence-electron chi connectivity index (χ0n) is 10.7. The average Bonchev–Trinajstić information content (AvgIpc) is 2.61. The van der Waals surface area contributed by atoms with Crippen molar-refractivity contribution in [3.05, 3.63) is 59.7 Å². The number of benzene rings is 2. The van der Waals surface area contributed by atoms with E-state index in [2.05, 4.69) is 5.32 Å². The second-order valence-corrected chi connectivity index (χ2v) is 4.46. The third-order valence-electron chi connectivity index (χ3n) is 3.13. The molecule has 1 amide bonds. The smallest absolute Gasteiger partial charge is 0.404 e. The van der Waals surface area contributed by atoms with Crippen LogP contribution in [0, 0.1) is 0 Å². The van der Waals surface area contributed by atoms with Gasteiger partial charge >= 0.3 is 6.09 Å². The molecule has 2 aromatic rings. The van der Waals surface area contributed by atoms with E-state index >= 15 is 0 Å². The van der Waals surface area contributed by atoms with Crippen LogP contribution in [0.4, 0.5) is 4.79 Å². The van der Waals surface area contributed by atoms with Gasteiger partial charge in [0.05, 0.1) is 0 Å². The molecular formula is C16H13NO3. The molecule has 20 heavy (non-hydrogen) atoms. The van der Waals surface area contributed by atoms with E-state index in [9.17, 15) is 4.79 Å². The van der Waals surface area contributed by atoms with Crippen LogP contribution in [0.15, 0.2) is 48.5 Å². The lowest BCUT2D eigenvalue weighted by molar-refractivity contribution is 0.196. The lowest BCUT2D eigenvalue weighted by Gasteiger charge is -2.10. The highest BCUT2D eigenvalue weighted by Crippen LogP contribution is 2.37. The summed E-state index contributed by atoms with van der Waals surface area (Å²) < 4.78 is 5.91. The summed E-state index contributed by atoms with van der Waals surface area (Å²) in [5.74, 6) is 1.50. The number of ether oxygens (including phenoxy) is 1. The molecule has 1 heterocycles. The molecule has 3 rings (SSSR count). The summed E-state index contributed by atoms with van der Waals surface area (Å²) in [6.07, 6.45) is 0.915. The van der Waals surface area contributed by atoms with Crippen LogP contribution in [0.5, 0.6) is 11.5 Å². The number of carbonyl (C=O) groups is 1. The van der Waals surface area contributed by atoms with Gasteiger partial charge in [-0.25, -0.2) is 4.79 Å². The fourth-order valence-corrected chi connectivity index (χ4v) is 2.21. The molecule has 0 spiro atoms. The number of hydrogen-bond acceptors (Lipinski definition) is 2. The van der Waals surface area contributed by atoms with Gasteiger partial charge in [0, 0.05) is 17.7 Å². The molecule has 0 bridgehead atoms. The molecule has 2 N–H and O–H groups in total. The molecule has 0 unspecified atom stereocenters. The molecule has 100 valence electrons. The minimum atomic E-state index is -1.04. The maximum Gasteiger partial charge on any atom is 0.404 e. The summed E-state index contributed by atoms with van der Waals surface area (Å²) >= 11 is 0. The van der Waals surface area contributed by atoms with Crippen molar-refractivity contribution in [2.45, 2.75) is 0 Å². The van der Waals surface area contributed by atoms with Crippen LogP contribution in [0.25, 0.3) is 11.6 Å². The standard InChI is InChI=1S/C16H13NO3/c18-16(19)17-10-12-9-11-5-1-3-7-14(11)20-15-8-4-2-6-13(12)15/h1-9,17H,10H2,(H,18,19). The van der Waals surface area contributed by atoms with Crippen LogP contribution in [0.1, 0.15) is 11.1 Å². The fourth-order valence-electron chi connectivity index (χ4n) is 2.21. The van der Waals surface area contributed by atoms with Gasteiger partial charge in [-0.1, -0.05) is 36.4 Å². The summed E-state index contributed by atoms with van der Waals surface area (Å²) in [6, 6.07) is 15.3. The van der Waals surface area contributed by atoms with Gasteiger partial charge in [-0.2, -0.15) is 0 Å². The second-order valence-electron chi connectivity index (χ2n) is 4.46. The van der Waals surface area contributed by atoms with E-state index in [1.807, 2.05) is 54.6 Å². The van der Waals surface area contributed by atoms with Crippen LogP contribution in [0.2, 0.25) is 0 Å². The highest BCUT2D eigenvalue weighted by molar-refractivity contribution is 5.89. The van der Waals surface area contributed by atoms with Crippen molar-refractivity contribution < 1.29 is 14.6 Å². The van der Waals surface area contributed by atoms with Crippen molar-refractivity contribution >= 4 is 17.7 Å². The minimum absolute atomic E-state index is 0.240. The van der Waals surface area contributed by atoms with E-state index < -0.39 is 6.09 Å². The zero-order chi connectivity index (χ0) is 13.9. The lowest BCUT2D eigenvalue weighted by Crippen LogP contribution is -2.22. The van der Waals surface area contributed by atoms with Crippen LogP contribution in [0.3, 0.4) is 0 Å². The molecule has 0 saturated carbocycles. The normalized spacial score (nSPS) is 12.3. The van der Waals surface area contributed by atoms with Gasteiger partial charge < -0.3 is 15.2 Å². The Morgan fingerprint density at radius 3 is 2.55 bits per heavy atom. The van der Waals surface area contributed by atoms with Crippen LogP contribution < -0.4 is 10.1 Å². The maximum absolute atomic E-state index is 10.7.